The Kier molecular flexibility index (Phi) is 2.90. The highest BCUT2D eigenvalue weighted by molar-refractivity contribution is 6.32. The predicted molar refractivity (Wildman–Crippen MR) is 68.8 cm³/mol. The van der Waals surface area contributed by atoms with Crippen LogP contribution in [0.3, 0.4) is 0 Å². The molecule has 0 fully saturated rings. The molecule has 0 aromatic carbocycles. The molecule has 1 N–H and O–H groups in total. The van der Waals surface area contributed by atoms with Crippen LogP contribution in [0.5, 0.6) is 0 Å². The quantitative estimate of drug-likeness (QED) is 0.879. The summed E-state index contributed by atoms with van der Waals surface area (Å²) in [5.41, 5.74) is -2.11. The molecular weight excluding hydrogens is 309 g/mol. The molecule has 2 aromatic rings. The molecule has 3 heterocycles. The SMILES string of the molecule is C[C@H]1Cn2ncc(Cl)c2-c2cnc(C(C)(O)C(F)(F)F)n21. The van der Waals surface area contributed by atoms with Crippen molar-refractivity contribution in [2.24, 2.45) is 0 Å². The minimum absolute atomic E-state index is 0.334. The normalized spacial score (nSPS) is 20.8. The first-order valence-corrected chi connectivity index (χ1v) is 6.61. The first-order chi connectivity index (χ1) is 9.64. The molecule has 1 aliphatic heterocycles. The van der Waals surface area contributed by atoms with E-state index in [0.29, 0.717) is 29.9 Å². The molecule has 21 heavy (non-hydrogen) atoms. The van der Waals surface area contributed by atoms with Crippen molar-refractivity contribution in [3.63, 3.8) is 0 Å². The largest absolute Gasteiger partial charge is 0.424 e. The third kappa shape index (κ3) is 1.89. The summed E-state index contributed by atoms with van der Waals surface area (Å²) in [5, 5.41) is 14.3. The minimum atomic E-state index is -4.82. The number of fused-ring (bicyclic) bond motifs is 3. The highest BCUT2D eigenvalue weighted by Gasteiger charge is 2.55. The van der Waals surface area contributed by atoms with Gasteiger partial charge < -0.3 is 9.67 Å². The van der Waals surface area contributed by atoms with Crippen molar-refractivity contribution >= 4 is 11.6 Å². The number of aliphatic hydroxyl groups is 1. The van der Waals surface area contributed by atoms with Gasteiger partial charge in [-0.15, -0.1) is 0 Å². The molecule has 2 aromatic heterocycles. The fourth-order valence-electron chi connectivity index (χ4n) is 2.56. The van der Waals surface area contributed by atoms with Gasteiger partial charge in [0.25, 0.3) is 0 Å². The number of alkyl halides is 3. The van der Waals surface area contributed by atoms with Crippen LogP contribution in [0.1, 0.15) is 25.7 Å². The van der Waals surface area contributed by atoms with Crippen LogP contribution in [0.4, 0.5) is 13.2 Å². The van der Waals surface area contributed by atoms with E-state index >= 15 is 0 Å². The van der Waals surface area contributed by atoms with Gasteiger partial charge in [-0.1, -0.05) is 11.6 Å². The summed E-state index contributed by atoms with van der Waals surface area (Å²) < 4.78 is 42.2. The van der Waals surface area contributed by atoms with Gasteiger partial charge >= 0.3 is 6.18 Å². The smallest absolute Gasteiger partial charge is 0.374 e. The summed E-state index contributed by atoms with van der Waals surface area (Å²) in [6.45, 7) is 2.79. The van der Waals surface area contributed by atoms with E-state index in [1.54, 1.807) is 11.6 Å². The molecule has 0 bridgehead atoms. The van der Waals surface area contributed by atoms with Crippen LogP contribution >= 0.6 is 11.6 Å². The number of hydrogen-bond donors (Lipinski definition) is 1. The number of imidazole rings is 1. The molecule has 2 atom stereocenters. The number of aromatic nitrogens is 4. The van der Waals surface area contributed by atoms with E-state index in [2.05, 4.69) is 10.1 Å². The van der Waals surface area contributed by atoms with Gasteiger partial charge in [0.2, 0.25) is 5.60 Å². The second-order valence-electron chi connectivity index (χ2n) is 5.28. The third-order valence-corrected chi connectivity index (χ3v) is 3.98. The van der Waals surface area contributed by atoms with Crippen LogP contribution < -0.4 is 0 Å². The Hall–Kier alpha value is -1.54. The maximum Gasteiger partial charge on any atom is 0.424 e. The minimum Gasteiger partial charge on any atom is -0.374 e. The Morgan fingerprint density at radius 3 is 2.67 bits per heavy atom. The average molecular weight is 321 g/mol. The van der Waals surface area contributed by atoms with Crippen molar-refractivity contribution in [1.29, 1.82) is 0 Å². The van der Waals surface area contributed by atoms with Gasteiger partial charge in [0.15, 0.2) is 5.82 Å². The first kappa shape index (κ1) is 14.4. The van der Waals surface area contributed by atoms with Crippen LogP contribution in [-0.2, 0) is 12.1 Å². The van der Waals surface area contributed by atoms with Gasteiger partial charge in [-0.25, -0.2) is 4.98 Å². The highest BCUT2D eigenvalue weighted by Crippen LogP contribution is 2.43. The van der Waals surface area contributed by atoms with E-state index in [4.69, 9.17) is 11.6 Å². The summed E-state index contributed by atoms with van der Waals surface area (Å²) >= 11 is 6.04. The molecule has 0 saturated carbocycles. The van der Waals surface area contributed by atoms with Crippen molar-refractivity contribution in [1.82, 2.24) is 19.3 Å². The van der Waals surface area contributed by atoms with E-state index in [-0.39, 0.29) is 6.04 Å². The van der Waals surface area contributed by atoms with Gasteiger partial charge in [0.05, 0.1) is 35.7 Å². The average Bonchev–Trinajstić information content (AvgIpc) is 2.92. The zero-order chi connectivity index (χ0) is 15.6. The van der Waals surface area contributed by atoms with Crippen LogP contribution in [0, 0.1) is 0 Å². The van der Waals surface area contributed by atoms with Crippen molar-refractivity contribution in [3.8, 4) is 11.4 Å². The predicted octanol–water partition coefficient (Wildman–Crippen LogP) is 2.74. The van der Waals surface area contributed by atoms with Gasteiger partial charge in [-0.3, -0.25) is 4.68 Å². The molecule has 0 radical (unpaired) electrons. The molecule has 114 valence electrons. The Labute approximate surface area is 123 Å². The lowest BCUT2D eigenvalue weighted by Gasteiger charge is -2.31. The Balaban J connectivity index is 2.23. The molecule has 5 nitrogen and oxygen atoms in total. The lowest BCUT2D eigenvalue weighted by Crippen LogP contribution is -2.42. The number of halogens is 4. The number of rotatable bonds is 1. The van der Waals surface area contributed by atoms with E-state index in [1.165, 1.54) is 17.0 Å². The monoisotopic (exact) mass is 320 g/mol. The van der Waals surface area contributed by atoms with Crippen molar-refractivity contribution in [2.75, 3.05) is 0 Å². The highest BCUT2D eigenvalue weighted by atomic mass is 35.5. The zero-order valence-electron chi connectivity index (χ0n) is 11.2. The van der Waals surface area contributed by atoms with E-state index in [0.717, 1.165) is 0 Å². The standard InChI is InChI=1S/C12H12ClF3N4O/c1-6-5-19-9(7(13)3-18-19)8-4-17-10(20(6)8)11(2,21)12(14,15)16/h3-4,6,21H,5H2,1-2H3/t6-,11?/m0/s1. The van der Waals surface area contributed by atoms with Crippen LogP contribution in [0.25, 0.3) is 11.4 Å². The van der Waals surface area contributed by atoms with Crippen LogP contribution in [-0.4, -0.2) is 30.6 Å². The van der Waals surface area contributed by atoms with Gasteiger partial charge in [0, 0.05) is 0 Å². The van der Waals surface area contributed by atoms with Gasteiger partial charge in [-0.2, -0.15) is 18.3 Å². The summed E-state index contributed by atoms with van der Waals surface area (Å²) in [5.74, 6) is -0.444. The molecule has 0 saturated heterocycles. The van der Waals surface area contributed by atoms with E-state index < -0.39 is 17.6 Å². The van der Waals surface area contributed by atoms with Gasteiger partial charge in [0.1, 0.15) is 5.69 Å². The van der Waals surface area contributed by atoms with Crippen molar-refractivity contribution in [2.45, 2.75) is 38.2 Å². The Morgan fingerprint density at radius 1 is 1.38 bits per heavy atom. The molecule has 1 unspecified atom stereocenters. The maximum atomic E-state index is 13.1. The Morgan fingerprint density at radius 2 is 2.05 bits per heavy atom. The first-order valence-electron chi connectivity index (χ1n) is 6.23. The lowest BCUT2D eigenvalue weighted by molar-refractivity contribution is -0.262. The van der Waals surface area contributed by atoms with Crippen molar-refractivity contribution in [3.05, 3.63) is 23.2 Å². The summed E-state index contributed by atoms with van der Waals surface area (Å²) in [6.07, 6.45) is -2.10. The van der Waals surface area contributed by atoms with Crippen molar-refractivity contribution < 1.29 is 18.3 Å². The maximum absolute atomic E-state index is 13.1. The Bertz CT molecular complexity index is 704. The van der Waals surface area contributed by atoms with Gasteiger partial charge in [-0.05, 0) is 13.8 Å². The fourth-order valence-corrected chi connectivity index (χ4v) is 2.79. The third-order valence-electron chi connectivity index (χ3n) is 3.70. The summed E-state index contributed by atoms with van der Waals surface area (Å²) in [4.78, 5) is 3.80. The van der Waals surface area contributed by atoms with E-state index in [9.17, 15) is 18.3 Å². The summed E-state index contributed by atoms with van der Waals surface area (Å²) in [7, 11) is 0. The fraction of sp³-hybridized carbons (Fsp3) is 0.500. The van der Waals surface area contributed by atoms with Crippen LogP contribution in [0.15, 0.2) is 12.4 Å². The molecule has 0 spiro atoms. The molecular formula is C12H12ClF3N4O. The molecule has 3 rings (SSSR count). The van der Waals surface area contributed by atoms with Crippen LogP contribution in [0.2, 0.25) is 5.02 Å². The second kappa shape index (κ2) is 4.23. The zero-order valence-corrected chi connectivity index (χ0v) is 11.9. The summed E-state index contributed by atoms with van der Waals surface area (Å²) in [6, 6.07) is -0.338. The number of hydrogen-bond acceptors (Lipinski definition) is 3. The molecule has 0 amide bonds. The topological polar surface area (TPSA) is 55.9 Å². The molecule has 9 heteroatoms. The number of nitrogens with zero attached hydrogens (tertiary/aromatic N) is 4. The second-order valence-corrected chi connectivity index (χ2v) is 5.69. The lowest BCUT2D eigenvalue weighted by atomic mass is 10.0. The van der Waals surface area contributed by atoms with E-state index in [1.807, 2.05) is 0 Å². The molecule has 1 aliphatic rings. The molecule has 0 aliphatic carbocycles.